The molecule has 8 nitrogen and oxygen atoms in total. The molecule has 0 aliphatic carbocycles. The number of nitro benzene ring substituents is 1. The van der Waals surface area contributed by atoms with E-state index in [-0.39, 0.29) is 5.69 Å². The van der Waals surface area contributed by atoms with Crippen molar-refractivity contribution in [2.45, 2.75) is 6.18 Å². The third kappa shape index (κ3) is 4.56. The molecule has 0 aliphatic heterocycles. The number of hydrogen-bond donors (Lipinski definition) is 2. The lowest BCUT2D eigenvalue weighted by Crippen LogP contribution is -2.23. The number of ether oxygens (including phenoxy) is 1. The molecule has 0 spiro atoms. The van der Waals surface area contributed by atoms with Crippen LogP contribution in [0.25, 0.3) is 0 Å². The second-order valence-electron chi connectivity index (χ2n) is 4.69. The number of H-pyrrole nitrogens is 1. The number of benzene rings is 1. The van der Waals surface area contributed by atoms with Gasteiger partial charge >= 0.3 is 12.1 Å². The van der Waals surface area contributed by atoms with Crippen LogP contribution in [0.1, 0.15) is 16.1 Å². The molecular formula is C14H10F3N3O5. The zero-order valence-corrected chi connectivity index (χ0v) is 12.3. The summed E-state index contributed by atoms with van der Waals surface area (Å²) in [6.07, 6.45) is -3.47. The van der Waals surface area contributed by atoms with Crippen LogP contribution < -0.4 is 5.32 Å². The smallest absolute Gasteiger partial charge is 0.418 e. The highest BCUT2D eigenvalue weighted by Crippen LogP contribution is 2.37. The summed E-state index contributed by atoms with van der Waals surface area (Å²) in [6.45, 7) is -0.827. The van der Waals surface area contributed by atoms with Crippen molar-refractivity contribution in [3.63, 3.8) is 0 Å². The van der Waals surface area contributed by atoms with Crippen molar-refractivity contribution >= 4 is 23.3 Å². The van der Waals surface area contributed by atoms with Gasteiger partial charge in [-0.3, -0.25) is 14.9 Å². The molecule has 2 aromatic rings. The topological polar surface area (TPSA) is 114 Å². The number of nitrogens with zero attached hydrogens (tertiary/aromatic N) is 1. The van der Waals surface area contributed by atoms with E-state index in [0.717, 1.165) is 12.1 Å². The van der Waals surface area contributed by atoms with E-state index in [1.807, 2.05) is 5.32 Å². The van der Waals surface area contributed by atoms with E-state index >= 15 is 0 Å². The Hall–Kier alpha value is -3.37. The minimum Gasteiger partial charge on any atom is -0.451 e. The number of carbonyl (C=O) groups is 2. The van der Waals surface area contributed by atoms with Crippen LogP contribution in [-0.4, -0.2) is 28.4 Å². The van der Waals surface area contributed by atoms with Crippen LogP contribution in [0.4, 0.5) is 24.5 Å². The summed E-state index contributed by atoms with van der Waals surface area (Å²) >= 11 is 0. The van der Waals surface area contributed by atoms with Crippen molar-refractivity contribution < 1.29 is 32.4 Å². The average Bonchev–Trinajstić information content (AvgIpc) is 3.06. The number of carbonyl (C=O) groups excluding carboxylic acids is 2. The Morgan fingerprint density at radius 2 is 2.00 bits per heavy atom. The number of non-ortho nitro benzene ring substituents is 1. The fourth-order valence-electron chi connectivity index (χ4n) is 1.84. The lowest BCUT2D eigenvalue weighted by atomic mass is 10.1. The number of anilines is 1. The summed E-state index contributed by atoms with van der Waals surface area (Å²) in [4.78, 5) is 35.3. The molecule has 0 atom stereocenters. The molecule has 0 fully saturated rings. The highest BCUT2D eigenvalue weighted by atomic mass is 19.4. The van der Waals surface area contributed by atoms with E-state index in [2.05, 4.69) is 9.72 Å². The molecule has 0 radical (unpaired) electrons. The number of nitrogens with one attached hydrogen (secondary N) is 2. The van der Waals surface area contributed by atoms with E-state index in [9.17, 15) is 32.9 Å². The first-order chi connectivity index (χ1) is 11.7. The fraction of sp³-hybridized carbons (Fsp3) is 0.143. The first-order valence-corrected chi connectivity index (χ1v) is 6.64. The normalized spacial score (nSPS) is 11.0. The highest BCUT2D eigenvalue weighted by molar-refractivity contribution is 5.95. The SMILES string of the molecule is O=C(COC(=O)c1ccc[nH]1)Nc1ccc([N+](=O)[O-])cc1C(F)(F)F. The molecule has 0 aliphatic rings. The van der Waals surface area contributed by atoms with Gasteiger partial charge in [-0.1, -0.05) is 0 Å². The maximum atomic E-state index is 13.0. The standard InChI is InChI=1S/C14H10F3N3O5/c15-14(16,17)9-6-8(20(23)24)3-4-10(9)19-12(21)7-25-13(22)11-2-1-5-18-11/h1-6,18H,7H2,(H,19,21). The number of amides is 1. The summed E-state index contributed by atoms with van der Waals surface area (Å²) in [6, 6.07) is 4.78. The highest BCUT2D eigenvalue weighted by Gasteiger charge is 2.35. The monoisotopic (exact) mass is 357 g/mol. The summed E-state index contributed by atoms with van der Waals surface area (Å²) in [5.41, 5.74) is -2.77. The van der Waals surface area contributed by atoms with Crippen molar-refractivity contribution in [1.82, 2.24) is 4.98 Å². The van der Waals surface area contributed by atoms with Crippen LogP contribution in [-0.2, 0) is 15.7 Å². The minimum absolute atomic E-state index is 0.0686. The van der Waals surface area contributed by atoms with Crippen molar-refractivity contribution in [3.05, 3.63) is 57.9 Å². The quantitative estimate of drug-likeness (QED) is 0.485. The van der Waals surface area contributed by atoms with Gasteiger partial charge in [-0.2, -0.15) is 13.2 Å². The Balaban J connectivity index is 2.09. The largest absolute Gasteiger partial charge is 0.451 e. The third-order valence-electron chi connectivity index (χ3n) is 2.95. The van der Waals surface area contributed by atoms with Gasteiger partial charge in [-0.05, 0) is 18.2 Å². The van der Waals surface area contributed by atoms with Crippen LogP contribution in [0.2, 0.25) is 0 Å². The Morgan fingerprint density at radius 1 is 1.28 bits per heavy atom. The minimum atomic E-state index is -4.92. The first kappa shape index (κ1) is 18.0. The number of halogens is 3. The molecule has 2 N–H and O–H groups in total. The Bertz CT molecular complexity index is 803. The molecule has 0 unspecified atom stereocenters. The van der Waals surface area contributed by atoms with E-state index in [4.69, 9.17) is 0 Å². The summed E-state index contributed by atoms with van der Waals surface area (Å²) in [7, 11) is 0. The predicted molar refractivity (Wildman–Crippen MR) is 77.8 cm³/mol. The molecule has 1 aromatic carbocycles. The van der Waals surface area contributed by atoms with Crippen LogP contribution in [0.3, 0.4) is 0 Å². The molecule has 0 bridgehead atoms. The molecule has 11 heteroatoms. The first-order valence-electron chi connectivity index (χ1n) is 6.64. The fourth-order valence-corrected chi connectivity index (χ4v) is 1.84. The van der Waals surface area contributed by atoms with Gasteiger partial charge in [0.1, 0.15) is 5.69 Å². The number of aromatic amines is 1. The predicted octanol–water partition coefficient (Wildman–Crippen LogP) is 2.74. The van der Waals surface area contributed by atoms with Crippen LogP contribution >= 0.6 is 0 Å². The Morgan fingerprint density at radius 3 is 2.56 bits per heavy atom. The number of nitro groups is 1. The molecule has 0 saturated heterocycles. The molecule has 1 aromatic heterocycles. The van der Waals surface area contributed by atoms with Crippen molar-refractivity contribution in [2.24, 2.45) is 0 Å². The van der Waals surface area contributed by atoms with E-state index in [1.54, 1.807) is 0 Å². The van der Waals surface area contributed by atoms with Gasteiger partial charge < -0.3 is 15.0 Å². The second-order valence-corrected chi connectivity index (χ2v) is 4.69. The maximum Gasteiger partial charge on any atom is 0.418 e. The maximum absolute atomic E-state index is 13.0. The molecule has 0 saturated carbocycles. The van der Waals surface area contributed by atoms with E-state index in [1.165, 1.54) is 18.3 Å². The number of hydrogen-bond acceptors (Lipinski definition) is 5. The van der Waals surface area contributed by atoms with Gasteiger partial charge in [0.15, 0.2) is 6.61 Å². The van der Waals surface area contributed by atoms with E-state index in [0.29, 0.717) is 6.07 Å². The number of aromatic nitrogens is 1. The molecule has 1 amide bonds. The third-order valence-corrected chi connectivity index (χ3v) is 2.95. The van der Waals surface area contributed by atoms with Crippen LogP contribution in [0, 0.1) is 10.1 Å². The van der Waals surface area contributed by atoms with Crippen LogP contribution in [0.5, 0.6) is 0 Å². The van der Waals surface area contributed by atoms with Crippen LogP contribution in [0.15, 0.2) is 36.5 Å². The summed E-state index contributed by atoms with van der Waals surface area (Å²) < 4.78 is 43.6. The molecule has 2 rings (SSSR count). The zero-order valence-electron chi connectivity index (χ0n) is 12.3. The molecular weight excluding hydrogens is 347 g/mol. The van der Waals surface area contributed by atoms with Gasteiger partial charge in [-0.15, -0.1) is 0 Å². The second kappa shape index (κ2) is 7.03. The molecule has 25 heavy (non-hydrogen) atoms. The van der Waals surface area contributed by atoms with E-state index < -0.39 is 46.5 Å². The zero-order chi connectivity index (χ0) is 18.6. The van der Waals surface area contributed by atoms with Crippen molar-refractivity contribution in [1.29, 1.82) is 0 Å². The summed E-state index contributed by atoms with van der Waals surface area (Å²) in [5.74, 6) is -1.89. The summed E-state index contributed by atoms with van der Waals surface area (Å²) in [5, 5.41) is 12.5. The lowest BCUT2D eigenvalue weighted by molar-refractivity contribution is -0.385. The Kier molecular flexibility index (Phi) is 5.05. The van der Waals surface area contributed by atoms with Gasteiger partial charge in [0.2, 0.25) is 0 Å². The lowest BCUT2D eigenvalue weighted by Gasteiger charge is -2.13. The number of alkyl halides is 3. The Labute approximate surface area is 137 Å². The number of esters is 1. The van der Waals surface area contributed by atoms with Crippen molar-refractivity contribution in [2.75, 3.05) is 11.9 Å². The number of rotatable bonds is 5. The molecule has 132 valence electrons. The van der Waals surface area contributed by atoms with Gasteiger partial charge in [-0.25, -0.2) is 4.79 Å². The van der Waals surface area contributed by atoms with Crippen molar-refractivity contribution in [3.8, 4) is 0 Å². The molecule has 1 heterocycles. The van der Waals surface area contributed by atoms with Gasteiger partial charge in [0.05, 0.1) is 16.2 Å². The average molecular weight is 357 g/mol. The van der Waals surface area contributed by atoms with Gasteiger partial charge in [0.25, 0.3) is 11.6 Å². The van der Waals surface area contributed by atoms with Gasteiger partial charge in [0, 0.05) is 18.3 Å².